The average molecular weight is 378 g/mol. The summed E-state index contributed by atoms with van der Waals surface area (Å²) in [6, 6.07) is 11.1. The first-order chi connectivity index (χ1) is 12.3. The predicted molar refractivity (Wildman–Crippen MR) is 88.1 cm³/mol. The van der Waals surface area contributed by atoms with Crippen molar-refractivity contribution < 1.29 is 28.3 Å². The van der Waals surface area contributed by atoms with Gasteiger partial charge in [-0.3, -0.25) is 4.79 Å². The zero-order chi connectivity index (χ0) is 18.6. The molecule has 10 heteroatoms. The standard InChI is InChI=1S/C17H11F3N4O2.H2O/c1-22-12-4-2-3-5-13(12)24-14(15(22)25)16(26)23(21-24)11-8-6-10(7-9-11)17(18,19)20;/h2-9H,1H3;1H2. The first-order valence-corrected chi connectivity index (χ1v) is 7.58. The van der Waals surface area contributed by atoms with Crippen molar-refractivity contribution in [3.63, 3.8) is 0 Å². The number of rotatable bonds is 1. The summed E-state index contributed by atoms with van der Waals surface area (Å²) >= 11 is 0. The molecule has 4 aromatic rings. The second-order valence-electron chi connectivity index (χ2n) is 5.78. The Labute approximate surface area is 149 Å². The Morgan fingerprint density at radius 2 is 1.70 bits per heavy atom. The van der Waals surface area contributed by atoms with Crippen LogP contribution in [-0.2, 0) is 13.2 Å². The summed E-state index contributed by atoms with van der Waals surface area (Å²) in [6.07, 6.45) is -4.46. The molecule has 0 unspecified atom stereocenters. The van der Waals surface area contributed by atoms with Crippen LogP contribution in [0, 0.1) is 0 Å². The molecular weight excluding hydrogens is 365 g/mol. The molecule has 0 saturated carbocycles. The summed E-state index contributed by atoms with van der Waals surface area (Å²) in [5.74, 6) is -0.448. The van der Waals surface area contributed by atoms with Gasteiger partial charge >= 0.3 is 23.1 Å². The zero-order valence-corrected chi connectivity index (χ0v) is 13.8. The number of alkyl halides is 3. The van der Waals surface area contributed by atoms with Crippen LogP contribution in [0.2, 0.25) is 0 Å². The monoisotopic (exact) mass is 378 g/mol. The summed E-state index contributed by atoms with van der Waals surface area (Å²) < 4.78 is 41.9. The number of nitrogens with zero attached hydrogens (tertiary/aromatic N) is 4. The lowest BCUT2D eigenvalue weighted by Gasteiger charge is -2.05. The minimum atomic E-state index is -4.46. The Morgan fingerprint density at radius 3 is 2.33 bits per heavy atom. The van der Waals surface area contributed by atoms with Gasteiger partial charge in [0.15, 0.2) is 11.2 Å². The molecule has 2 N–H and O–H groups in total. The van der Waals surface area contributed by atoms with Crippen LogP contribution in [0.1, 0.15) is 5.56 Å². The Bertz CT molecular complexity index is 1210. The number of aryl methyl sites for hydroxylation is 1. The van der Waals surface area contributed by atoms with E-state index in [0.717, 1.165) is 16.8 Å². The fourth-order valence-electron chi connectivity index (χ4n) is 2.89. The highest BCUT2D eigenvalue weighted by Crippen LogP contribution is 2.30. The number of hydrogen-bond donors (Lipinski definition) is 1. The molecule has 0 saturated heterocycles. The van der Waals surface area contributed by atoms with Crippen LogP contribution in [0.4, 0.5) is 13.2 Å². The van der Waals surface area contributed by atoms with Gasteiger partial charge in [-0.1, -0.05) is 21.3 Å². The van der Waals surface area contributed by atoms with Crippen LogP contribution in [0.15, 0.2) is 53.3 Å². The molecule has 0 amide bonds. The van der Waals surface area contributed by atoms with Crippen molar-refractivity contribution in [2.45, 2.75) is 6.18 Å². The molecule has 0 atom stereocenters. The van der Waals surface area contributed by atoms with Crippen molar-refractivity contribution >= 4 is 16.6 Å². The highest BCUT2D eigenvalue weighted by molar-refractivity contribution is 5.73. The molecule has 27 heavy (non-hydrogen) atoms. The van der Waals surface area contributed by atoms with Crippen LogP contribution in [-0.4, -0.2) is 25.0 Å². The number of fused-ring (bicyclic) bond motifs is 3. The third-order valence-electron chi connectivity index (χ3n) is 4.22. The molecule has 0 aliphatic rings. The van der Waals surface area contributed by atoms with Crippen LogP contribution in [0.25, 0.3) is 22.2 Å². The fraction of sp³-hybridized carbons (Fsp3) is 0.118. The average Bonchev–Trinajstić information content (AvgIpc) is 2.97. The van der Waals surface area contributed by atoms with Gasteiger partial charge in [0, 0.05) is 7.05 Å². The van der Waals surface area contributed by atoms with E-state index in [1.165, 1.54) is 21.2 Å². The van der Waals surface area contributed by atoms with Crippen molar-refractivity contribution in [2.24, 2.45) is 7.05 Å². The number of para-hydroxylation sites is 2. The summed E-state index contributed by atoms with van der Waals surface area (Å²) in [5.41, 5.74) is 0.0277. The minimum Gasteiger partial charge on any atom is -0.870 e. The number of benzene rings is 2. The van der Waals surface area contributed by atoms with Gasteiger partial charge in [0.2, 0.25) is 0 Å². The molecule has 0 fully saturated rings. The fourth-order valence-corrected chi connectivity index (χ4v) is 2.89. The Balaban J connectivity index is 0.00000210. The Hall–Kier alpha value is -3.40. The second-order valence-corrected chi connectivity index (χ2v) is 5.78. The highest BCUT2D eigenvalue weighted by Gasteiger charge is 2.31. The Kier molecular flexibility index (Phi) is 4.15. The van der Waals surface area contributed by atoms with Gasteiger partial charge in [0.25, 0.3) is 0 Å². The summed E-state index contributed by atoms with van der Waals surface area (Å²) in [7, 11) is 1.57. The molecule has 4 rings (SSSR count). The largest absolute Gasteiger partial charge is 0.870 e. The molecule has 2 heterocycles. The smallest absolute Gasteiger partial charge is 0.416 e. The summed E-state index contributed by atoms with van der Waals surface area (Å²) in [4.78, 5) is 12.6. The lowest BCUT2D eigenvalue weighted by atomic mass is 10.2. The van der Waals surface area contributed by atoms with Crippen molar-refractivity contribution in [3.8, 4) is 11.6 Å². The molecule has 140 valence electrons. The van der Waals surface area contributed by atoms with E-state index < -0.39 is 23.2 Å². The van der Waals surface area contributed by atoms with Crippen LogP contribution in [0.5, 0.6) is 5.88 Å². The van der Waals surface area contributed by atoms with Crippen molar-refractivity contribution in [1.82, 2.24) is 14.5 Å². The number of aromatic nitrogens is 4. The number of hydrogen-bond acceptors (Lipinski definition) is 4. The van der Waals surface area contributed by atoms with E-state index in [-0.39, 0.29) is 16.7 Å². The molecule has 7 nitrogen and oxygen atoms in total. The van der Waals surface area contributed by atoms with Gasteiger partial charge in [-0.15, -0.1) is 0 Å². The second kappa shape index (κ2) is 6.09. The zero-order valence-electron chi connectivity index (χ0n) is 13.8. The molecule has 2 aromatic heterocycles. The van der Waals surface area contributed by atoms with E-state index in [1.807, 2.05) is 0 Å². The first kappa shape index (κ1) is 18.4. The van der Waals surface area contributed by atoms with Gasteiger partial charge in [-0.2, -0.15) is 13.2 Å². The maximum atomic E-state index is 12.7. The number of aromatic hydroxyl groups is 1. The van der Waals surface area contributed by atoms with E-state index in [2.05, 4.69) is 5.21 Å². The van der Waals surface area contributed by atoms with Crippen molar-refractivity contribution in [1.29, 1.82) is 0 Å². The third kappa shape index (κ3) is 2.70. The lowest BCUT2D eigenvalue weighted by molar-refractivity contribution is -0.556. The molecule has 0 aliphatic heterocycles. The van der Waals surface area contributed by atoms with Gasteiger partial charge in [-0.05, 0) is 36.4 Å². The van der Waals surface area contributed by atoms with Crippen LogP contribution in [0.3, 0.4) is 0 Å². The highest BCUT2D eigenvalue weighted by atomic mass is 19.4. The quantitative estimate of drug-likeness (QED) is 0.513. The molecule has 0 spiro atoms. The van der Waals surface area contributed by atoms with Gasteiger partial charge in [0.05, 0.1) is 11.1 Å². The van der Waals surface area contributed by atoms with Crippen molar-refractivity contribution in [3.05, 3.63) is 64.4 Å². The lowest BCUT2D eigenvalue weighted by Crippen LogP contribution is -2.35. The SMILES string of the molecule is Cn1c(=O)c2c(O)n(-c3ccc(C(F)(F)F)cc3)n[n+]2c2ccccc21.[OH-]. The molecule has 0 radical (unpaired) electrons. The molecule has 2 aromatic carbocycles. The summed E-state index contributed by atoms with van der Waals surface area (Å²) in [5, 5.41) is 14.7. The minimum absolute atomic E-state index is 0. The van der Waals surface area contributed by atoms with Crippen molar-refractivity contribution in [2.75, 3.05) is 0 Å². The van der Waals surface area contributed by atoms with E-state index in [0.29, 0.717) is 11.0 Å². The maximum absolute atomic E-state index is 12.7. The molecule has 0 bridgehead atoms. The van der Waals surface area contributed by atoms with E-state index in [4.69, 9.17) is 0 Å². The molecular formula is C17H13F3N4O3. The van der Waals surface area contributed by atoms with E-state index in [1.54, 1.807) is 31.3 Å². The maximum Gasteiger partial charge on any atom is 0.416 e. The number of halogens is 3. The van der Waals surface area contributed by atoms with Gasteiger partial charge < -0.3 is 15.1 Å². The van der Waals surface area contributed by atoms with E-state index >= 15 is 0 Å². The summed E-state index contributed by atoms with van der Waals surface area (Å²) in [6.45, 7) is 0. The predicted octanol–water partition coefficient (Wildman–Crippen LogP) is 2.01. The third-order valence-corrected chi connectivity index (χ3v) is 4.22. The van der Waals surface area contributed by atoms with Gasteiger partial charge in [0.1, 0.15) is 5.21 Å². The van der Waals surface area contributed by atoms with E-state index in [9.17, 15) is 23.1 Å². The Morgan fingerprint density at radius 1 is 1.07 bits per heavy atom. The topological polar surface area (TPSA) is 94.2 Å². The van der Waals surface area contributed by atoms with Crippen LogP contribution >= 0.6 is 0 Å². The van der Waals surface area contributed by atoms with Crippen LogP contribution < -0.4 is 10.1 Å². The molecule has 0 aliphatic carbocycles. The normalized spacial score (nSPS) is 11.7. The first-order valence-electron chi connectivity index (χ1n) is 7.58. The van der Waals surface area contributed by atoms with Gasteiger partial charge in [-0.25, -0.2) is 0 Å².